The third-order valence-corrected chi connectivity index (χ3v) is 3.22. The first-order valence-electron chi connectivity index (χ1n) is 3.99. The molecule has 0 atom stereocenters. The minimum absolute atomic E-state index is 0.00694. The highest BCUT2D eigenvalue weighted by atomic mass is 35.5. The van der Waals surface area contributed by atoms with E-state index in [0.717, 1.165) is 12.8 Å². The standard InChI is InChI=1S/C7H11ClF3NS/c8-5-6(1-2-6)12-3-4-13-7(9,10)11/h12H,1-5H2. The molecule has 0 spiro atoms. The van der Waals surface area contributed by atoms with Crippen molar-refractivity contribution in [1.29, 1.82) is 0 Å². The fraction of sp³-hybridized carbons (Fsp3) is 1.00. The molecule has 1 N–H and O–H groups in total. The number of halogens is 4. The van der Waals surface area contributed by atoms with Gasteiger partial charge in [-0.15, -0.1) is 11.6 Å². The lowest BCUT2D eigenvalue weighted by Gasteiger charge is -2.13. The van der Waals surface area contributed by atoms with Gasteiger partial charge in [0, 0.05) is 23.7 Å². The first kappa shape index (κ1) is 11.5. The van der Waals surface area contributed by atoms with Gasteiger partial charge < -0.3 is 5.32 Å². The summed E-state index contributed by atoms with van der Waals surface area (Å²) in [5.41, 5.74) is -4.16. The topological polar surface area (TPSA) is 12.0 Å². The van der Waals surface area contributed by atoms with E-state index in [1.807, 2.05) is 0 Å². The van der Waals surface area contributed by atoms with Crippen LogP contribution in [0.5, 0.6) is 0 Å². The highest BCUT2D eigenvalue weighted by Gasteiger charge is 2.41. The molecule has 1 fully saturated rings. The zero-order chi connectivity index (χ0) is 9.95. The molecule has 0 heterocycles. The van der Waals surface area contributed by atoms with E-state index in [1.165, 1.54) is 0 Å². The summed E-state index contributed by atoms with van der Waals surface area (Å²) in [4.78, 5) is 0. The van der Waals surface area contributed by atoms with E-state index in [1.54, 1.807) is 0 Å². The van der Waals surface area contributed by atoms with E-state index in [-0.39, 0.29) is 23.1 Å². The summed E-state index contributed by atoms with van der Waals surface area (Å²) >= 11 is 5.64. The van der Waals surface area contributed by atoms with Crippen LogP contribution in [0.4, 0.5) is 13.2 Å². The van der Waals surface area contributed by atoms with Crippen LogP contribution in [0.1, 0.15) is 12.8 Å². The number of rotatable bonds is 5. The summed E-state index contributed by atoms with van der Waals surface area (Å²) in [5, 5.41) is 3.04. The van der Waals surface area contributed by atoms with Crippen molar-refractivity contribution in [3.63, 3.8) is 0 Å². The Bertz CT molecular complexity index is 170. The van der Waals surface area contributed by atoms with Crippen LogP contribution in [-0.4, -0.2) is 29.2 Å². The highest BCUT2D eigenvalue weighted by molar-refractivity contribution is 8.00. The van der Waals surface area contributed by atoms with Gasteiger partial charge in [0.1, 0.15) is 0 Å². The van der Waals surface area contributed by atoms with E-state index < -0.39 is 5.51 Å². The number of hydrogen-bond acceptors (Lipinski definition) is 2. The van der Waals surface area contributed by atoms with Crippen LogP contribution in [-0.2, 0) is 0 Å². The van der Waals surface area contributed by atoms with E-state index >= 15 is 0 Å². The van der Waals surface area contributed by atoms with Gasteiger partial charge in [-0.3, -0.25) is 0 Å². The SMILES string of the molecule is FC(F)(F)SCCNC1(CCl)CC1. The van der Waals surface area contributed by atoms with Gasteiger partial charge in [-0.2, -0.15) is 13.2 Å². The van der Waals surface area contributed by atoms with Crippen LogP contribution in [0.3, 0.4) is 0 Å². The molecule has 0 aromatic heterocycles. The molecule has 0 saturated heterocycles. The van der Waals surface area contributed by atoms with Crippen LogP contribution >= 0.6 is 23.4 Å². The predicted molar refractivity (Wildman–Crippen MR) is 49.2 cm³/mol. The summed E-state index contributed by atoms with van der Waals surface area (Å²) in [5.74, 6) is 0.547. The molecule has 1 nitrogen and oxygen atoms in total. The third-order valence-electron chi connectivity index (χ3n) is 1.98. The monoisotopic (exact) mass is 233 g/mol. The van der Waals surface area contributed by atoms with Gasteiger partial charge in [-0.05, 0) is 24.6 Å². The molecule has 0 bridgehead atoms. The van der Waals surface area contributed by atoms with Gasteiger partial charge in [0.15, 0.2) is 0 Å². The number of thioether (sulfide) groups is 1. The lowest BCUT2D eigenvalue weighted by Crippen LogP contribution is -2.34. The van der Waals surface area contributed by atoms with E-state index in [9.17, 15) is 13.2 Å². The summed E-state index contributed by atoms with van der Waals surface area (Å²) in [6.07, 6.45) is 1.96. The molecule has 1 saturated carbocycles. The Balaban J connectivity index is 2.02. The number of hydrogen-bond donors (Lipinski definition) is 1. The van der Waals surface area contributed by atoms with Crippen molar-refractivity contribution in [2.45, 2.75) is 23.9 Å². The van der Waals surface area contributed by atoms with Crippen molar-refractivity contribution >= 4 is 23.4 Å². The smallest absolute Gasteiger partial charge is 0.309 e. The van der Waals surface area contributed by atoms with E-state index in [0.29, 0.717) is 12.4 Å². The van der Waals surface area contributed by atoms with Gasteiger partial charge in [0.2, 0.25) is 0 Å². The number of nitrogens with one attached hydrogen (secondary N) is 1. The summed E-state index contributed by atoms with van der Waals surface area (Å²) in [6.45, 7) is 0.372. The van der Waals surface area contributed by atoms with Crippen molar-refractivity contribution in [3.8, 4) is 0 Å². The van der Waals surface area contributed by atoms with Gasteiger partial charge in [0.25, 0.3) is 0 Å². The van der Waals surface area contributed by atoms with Crippen LogP contribution in [0.15, 0.2) is 0 Å². The Hall–Kier alpha value is 0.390. The minimum atomic E-state index is -4.11. The Kier molecular flexibility index (Phi) is 3.77. The maximum Gasteiger partial charge on any atom is 0.441 e. The van der Waals surface area contributed by atoms with Crippen LogP contribution in [0.2, 0.25) is 0 Å². The Labute approximate surface area is 84.4 Å². The second-order valence-corrected chi connectivity index (χ2v) is 4.56. The lowest BCUT2D eigenvalue weighted by molar-refractivity contribution is -0.0327. The molecule has 1 aliphatic rings. The molecular weight excluding hydrogens is 223 g/mol. The molecule has 1 rings (SSSR count). The molecule has 1 aliphatic carbocycles. The average molecular weight is 234 g/mol. The highest BCUT2D eigenvalue weighted by Crippen LogP contribution is 2.36. The van der Waals surface area contributed by atoms with E-state index in [4.69, 9.17) is 11.6 Å². The molecule has 6 heteroatoms. The largest absolute Gasteiger partial charge is 0.441 e. The average Bonchev–Trinajstić information content (AvgIpc) is 2.78. The fourth-order valence-electron chi connectivity index (χ4n) is 0.991. The molecule has 0 aromatic carbocycles. The molecule has 0 unspecified atom stereocenters. The zero-order valence-corrected chi connectivity index (χ0v) is 8.53. The predicted octanol–water partition coefficient (Wildman–Crippen LogP) is 2.60. The first-order chi connectivity index (χ1) is 5.97. The van der Waals surface area contributed by atoms with Crippen molar-refractivity contribution in [2.75, 3.05) is 18.2 Å². The molecule has 0 aromatic rings. The Morgan fingerprint density at radius 1 is 1.38 bits per heavy atom. The molecular formula is C7H11ClF3NS. The lowest BCUT2D eigenvalue weighted by atomic mass is 10.3. The first-order valence-corrected chi connectivity index (χ1v) is 5.51. The van der Waals surface area contributed by atoms with Gasteiger partial charge >= 0.3 is 5.51 Å². The van der Waals surface area contributed by atoms with Crippen LogP contribution < -0.4 is 5.32 Å². The summed E-state index contributed by atoms with van der Waals surface area (Å²) < 4.78 is 35.0. The van der Waals surface area contributed by atoms with Gasteiger partial charge in [-0.25, -0.2) is 0 Å². The molecule has 13 heavy (non-hydrogen) atoms. The Morgan fingerprint density at radius 2 is 2.00 bits per heavy atom. The number of alkyl halides is 4. The minimum Gasteiger partial charge on any atom is -0.309 e. The van der Waals surface area contributed by atoms with Crippen LogP contribution in [0, 0.1) is 0 Å². The third kappa shape index (κ3) is 4.42. The van der Waals surface area contributed by atoms with Crippen molar-refractivity contribution in [2.24, 2.45) is 0 Å². The fourth-order valence-corrected chi connectivity index (χ4v) is 1.79. The molecule has 0 aliphatic heterocycles. The Morgan fingerprint density at radius 3 is 2.38 bits per heavy atom. The zero-order valence-electron chi connectivity index (χ0n) is 6.96. The quantitative estimate of drug-likeness (QED) is 0.579. The summed E-state index contributed by atoms with van der Waals surface area (Å²) in [6, 6.07) is 0. The van der Waals surface area contributed by atoms with Gasteiger partial charge in [0.05, 0.1) is 0 Å². The van der Waals surface area contributed by atoms with Crippen molar-refractivity contribution in [1.82, 2.24) is 5.32 Å². The normalized spacial score (nSPS) is 20.3. The maximum absolute atomic E-state index is 11.7. The summed E-state index contributed by atoms with van der Waals surface area (Å²) in [7, 11) is 0. The van der Waals surface area contributed by atoms with Crippen LogP contribution in [0.25, 0.3) is 0 Å². The van der Waals surface area contributed by atoms with Crippen molar-refractivity contribution in [3.05, 3.63) is 0 Å². The van der Waals surface area contributed by atoms with Crippen molar-refractivity contribution < 1.29 is 13.2 Å². The second kappa shape index (κ2) is 4.28. The second-order valence-electron chi connectivity index (χ2n) is 3.13. The molecule has 78 valence electrons. The van der Waals surface area contributed by atoms with E-state index in [2.05, 4.69) is 5.32 Å². The molecule has 0 amide bonds. The molecule has 0 radical (unpaired) electrons. The van der Waals surface area contributed by atoms with Gasteiger partial charge in [-0.1, -0.05) is 0 Å². The maximum atomic E-state index is 11.7.